The van der Waals surface area contributed by atoms with Crippen LogP contribution in [0.25, 0.3) is 0 Å². The summed E-state index contributed by atoms with van der Waals surface area (Å²) in [5.74, 6) is -0.215. The number of carbonyl (C=O) groups excluding carboxylic acids is 2. The van der Waals surface area contributed by atoms with Gasteiger partial charge in [0.15, 0.2) is 0 Å². The molecule has 2 heterocycles. The highest BCUT2D eigenvalue weighted by Crippen LogP contribution is 2.31. The Morgan fingerprint density at radius 3 is 2.52 bits per heavy atom. The molecule has 1 aromatic heterocycles. The molecule has 1 aliphatic rings. The first-order valence-electron chi connectivity index (χ1n) is 12.7. The summed E-state index contributed by atoms with van der Waals surface area (Å²) in [5.41, 5.74) is 3.63. The summed E-state index contributed by atoms with van der Waals surface area (Å²) in [6.07, 6.45) is 0.170. The highest BCUT2D eigenvalue weighted by molar-refractivity contribution is 5.94. The number of hydrogen-bond donors (Lipinski definition) is 2. The maximum absolute atomic E-state index is 13.5. The summed E-state index contributed by atoms with van der Waals surface area (Å²) < 4.78 is 16.2. The van der Waals surface area contributed by atoms with E-state index < -0.39 is 18.1 Å². The number of rotatable bonds is 10. The Labute approximate surface area is 230 Å². The highest BCUT2D eigenvalue weighted by Gasteiger charge is 2.39. The average Bonchev–Trinajstić information content (AvgIpc) is 3.61. The van der Waals surface area contributed by atoms with E-state index in [1.54, 1.807) is 36.4 Å². The number of imide groups is 1. The second-order valence-corrected chi connectivity index (χ2v) is 9.35. The van der Waals surface area contributed by atoms with Gasteiger partial charge in [0.25, 0.3) is 0 Å². The van der Waals surface area contributed by atoms with Crippen LogP contribution in [0.4, 0.5) is 15.3 Å². The van der Waals surface area contributed by atoms with Crippen LogP contribution in [-0.4, -0.2) is 45.9 Å². The number of cyclic esters (lactones) is 1. The summed E-state index contributed by atoms with van der Waals surface area (Å²) in [6.45, 7) is 0.384. The van der Waals surface area contributed by atoms with Crippen molar-refractivity contribution in [1.82, 2.24) is 10.1 Å². The van der Waals surface area contributed by atoms with E-state index in [1.807, 2.05) is 48.5 Å². The molecule has 0 saturated carbocycles. The second kappa shape index (κ2) is 12.2. The number of nitrogens with zero attached hydrogens (tertiary/aromatic N) is 2. The van der Waals surface area contributed by atoms with Crippen molar-refractivity contribution in [1.29, 1.82) is 0 Å². The van der Waals surface area contributed by atoms with Gasteiger partial charge in [-0.05, 0) is 47.4 Å². The van der Waals surface area contributed by atoms with Crippen molar-refractivity contribution in [3.8, 4) is 5.75 Å². The predicted molar refractivity (Wildman–Crippen MR) is 144 cm³/mol. The zero-order valence-electron chi connectivity index (χ0n) is 21.4. The molecule has 0 spiro atoms. The Bertz CT molecular complexity index is 1460. The molecular formula is C30H27N3O7. The number of nitrogens with one attached hydrogen (secondary N) is 1. The van der Waals surface area contributed by atoms with Crippen LogP contribution in [0, 0.1) is 0 Å². The molecule has 10 heteroatoms. The van der Waals surface area contributed by atoms with Gasteiger partial charge < -0.3 is 19.1 Å². The van der Waals surface area contributed by atoms with E-state index in [0.29, 0.717) is 23.6 Å². The maximum atomic E-state index is 13.5. The molecule has 0 bridgehead atoms. The summed E-state index contributed by atoms with van der Waals surface area (Å²) in [5, 5.41) is 15.3. The van der Waals surface area contributed by atoms with Crippen molar-refractivity contribution < 1.29 is 33.5 Å². The minimum atomic E-state index is -1.14. The largest absolute Gasteiger partial charge is 0.489 e. The van der Waals surface area contributed by atoms with E-state index in [1.165, 1.54) is 11.2 Å². The molecular weight excluding hydrogens is 514 g/mol. The third-order valence-corrected chi connectivity index (χ3v) is 6.60. The number of carboxylic acid groups (broad SMARTS) is 1. The van der Waals surface area contributed by atoms with Gasteiger partial charge >= 0.3 is 12.2 Å². The Hall–Kier alpha value is -5.12. The van der Waals surface area contributed by atoms with E-state index in [4.69, 9.17) is 19.1 Å². The molecule has 5 rings (SSSR count). The molecule has 4 aromatic rings. The number of hydrogen-bond acceptors (Lipinski definition) is 7. The number of anilines is 1. The van der Waals surface area contributed by atoms with E-state index in [2.05, 4.69) is 10.5 Å². The molecule has 3 amide bonds. The molecule has 2 atom stereocenters. The monoisotopic (exact) mass is 541 g/mol. The van der Waals surface area contributed by atoms with Gasteiger partial charge in [-0.2, -0.15) is 0 Å². The van der Waals surface area contributed by atoms with Crippen LogP contribution < -0.4 is 10.1 Å². The quantitative estimate of drug-likeness (QED) is 0.271. The lowest BCUT2D eigenvalue weighted by Gasteiger charge is -2.22. The number of aromatic nitrogens is 1. The van der Waals surface area contributed by atoms with Gasteiger partial charge in [-0.1, -0.05) is 59.8 Å². The van der Waals surface area contributed by atoms with Crippen molar-refractivity contribution >= 4 is 23.8 Å². The van der Waals surface area contributed by atoms with Crippen molar-refractivity contribution in [2.24, 2.45) is 0 Å². The Balaban J connectivity index is 1.27. The van der Waals surface area contributed by atoms with Crippen molar-refractivity contribution in [2.45, 2.75) is 31.4 Å². The average molecular weight is 542 g/mol. The standard InChI is InChI=1S/C30H27N3O7/c34-28(33-24(19-39-30(33)37)16-20-5-2-1-3-6-20)17-26(27-13-14-40-32-27)22-9-11-25(12-10-22)38-18-21-7-4-8-23(15-21)31-29(35)36/h1-15,24,26,31H,16-19H2,(H,35,36)/t24?,26-/m0/s1. The molecule has 40 heavy (non-hydrogen) atoms. The van der Waals surface area contributed by atoms with Crippen LogP contribution >= 0.6 is 0 Å². The zero-order valence-corrected chi connectivity index (χ0v) is 21.4. The van der Waals surface area contributed by atoms with Crippen molar-refractivity contribution in [2.75, 3.05) is 11.9 Å². The third kappa shape index (κ3) is 6.47. The van der Waals surface area contributed by atoms with Gasteiger partial charge in [-0.25, -0.2) is 14.5 Å². The van der Waals surface area contributed by atoms with Gasteiger partial charge in [0, 0.05) is 24.1 Å². The Kier molecular flexibility index (Phi) is 8.05. The fraction of sp³-hybridized carbons (Fsp3) is 0.200. The summed E-state index contributed by atoms with van der Waals surface area (Å²) >= 11 is 0. The lowest BCUT2D eigenvalue weighted by molar-refractivity contribution is -0.129. The summed E-state index contributed by atoms with van der Waals surface area (Å²) in [7, 11) is 0. The fourth-order valence-corrected chi connectivity index (χ4v) is 4.70. The van der Waals surface area contributed by atoms with Crippen LogP contribution in [0.15, 0.2) is 95.7 Å². The van der Waals surface area contributed by atoms with Crippen LogP contribution in [0.2, 0.25) is 0 Å². The fourth-order valence-electron chi connectivity index (χ4n) is 4.70. The van der Waals surface area contributed by atoms with E-state index >= 15 is 0 Å². The molecule has 1 aliphatic heterocycles. The molecule has 1 fully saturated rings. The molecule has 2 N–H and O–H groups in total. The van der Waals surface area contributed by atoms with Gasteiger partial charge in [-0.15, -0.1) is 0 Å². The molecule has 10 nitrogen and oxygen atoms in total. The molecule has 1 unspecified atom stereocenters. The van der Waals surface area contributed by atoms with Gasteiger partial charge in [-0.3, -0.25) is 10.1 Å². The van der Waals surface area contributed by atoms with Crippen LogP contribution in [0.3, 0.4) is 0 Å². The minimum Gasteiger partial charge on any atom is -0.489 e. The highest BCUT2D eigenvalue weighted by atomic mass is 16.6. The lowest BCUT2D eigenvalue weighted by atomic mass is 9.91. The first kappa shape index (κ1) is 26.5. The number of ether oxygens (including phenoxy) is 2. The van der Waals surface area contributed by atoms with E-state index in [9.17, 15) is 14.4 Å². The number of amides is 3. The van der Waals surface area contributed by atoms with E-state index in [0.717, 1.165) is 16.7 Å². The Morgan fingerprint density at radius 2 is 1.80 bits per heavy atom. The minimum absolute atomic E-state index is 0.00348. The third-order valence-electron chi connectivity index (χ3n) is 6.60. The van der Waals surface area contributed by atoms with Gasteiger partial charge in [0.05, 0.1) is 11.7 Å². The van der Waals surface area contributed by atoms with Crippen molar-refractivity contribution in [3.05, 3.63) is 114 Å². The lowest BCUT2D eigenvalue weighted by Crippen LogP contribution is -2.40. The SMILES string of the molecule is O=C(O)Nc1cccc(COc2ccc([C@H](CC(=O)N3C(=O)OCC3Cc3ccccc3)c3ccon3)cc2)c1. The van der Waals surface area contributed by atoms with Crippen LogP contribution in [-0.2, 0) is 22.6 Å². The first-order valence-corrected chi connectivity index (χ1v) is 12.7. The zero-order chi connectivity index (χ0) is 27.9. The molecule has 0 aliphatic carbocycles. The van der Waals surface area contributed by atoms with Gasteiger partial charge in [0.2, 0.25) is 5.91 Å². The first-order chi connectivity index (χ1) is 19.5. The summed E-state index contributed by atoms with van der Waals surface area (Å²) in [6, 6.07) is 25.2. The maximum Gasteiger partial charge on any atom is 0.416 e. The van der Waals surface area contributed by atoms with Gasteiger partial charge in [0.1, 0.15) is 25.2 Å². The van der Waals surface area contributed by atoms with Crippen LogP contribution in [0.1, 0.15) is 34.7 Å². The normalized spacial score (nSPS) is 15.3. The number of benzene rings is 3. The summed E-state index contributed by atoms with van der Waals surface area (Å²) in [4.78, 5) is 38.1. The van der Waals surface area contributed by atoms with E-state index in [-0.39, 0.29) is 31.6 Å². The van der Waals surface area contributed by atoms with Crippen molar-refractivity contribution in [3.63, 3.8) is 0 Å². The molecule has 204 valence electrons. The van der Waals surface area contributed by atoms with Crippen LogP contribution in [0.5, 0.6) is 5.75 Å². The predicted octanol–water partition coefficient (Wildman–Crippen LogP) is 5.46. The molecule has 3 aromatic carbocycles. The smallest absolute Gasteiger partial charge is 0.416 e. The Morgan fingerprint density at radius 1 is 1.02 bits per heavy atom. The molecule has 1 saturated heterocycles. The topological polar surface area (TPSA) is 131 Å². The molecule has 0 radical (unpaired) electrons. The number of carbonyl (C=O) groups is 3. The second-order valence-electron chi connectivity index (χ2n) is 9.35.